The van der Waals surface area contributed by atoms with Gasteiger partial charge in [-0.05, 0) is 22.0 Å². The van der Waals surface area contributed by atoms with Crippen LogP contribution in [0.1, 0.15) is 0 Å². The minimum atomic E-state index is -4.13. The van der Waals surface area contributed by atoms with Crippen molar-refractivity contribution in [2.24, 2.45) is 0 Å². The lowest BCUT2D eigenvalue weighted by molar-refractivity contribution is -0.0260. The summed E-state index contributed by atoms with van der Waals surface area (Å²) < 4.78 is 38.0. The summed E-state index contributed by atoms with van der Waals surface area (Å²) in [6.07, 6.45) is 0. The maximum Gasteiger partial charge on any atom is 0.267 e. The number of sulfonamides is 1. The van der Waals surface area contributed by atoms with Crippen molar-refractivity contribution in [3.8, 4) is 0 Å². The van der Waals surface area contributed by atoms with Gasteiger partial charge >= 0.3 is 0 Å². The number of nitrogens with two attached hydrogens (primary N) is 1. The molecule has 0 atom stereocenters. The predicted molar refractivity (Wildman–Crippen MR) is 65.5 cm³/mol. The van der Waals surface area contributed by atoms with E-state index in [2.05, 4.69) is 20.8 Å². The number of hydrogen-bond acceptors (Lipinski definition) is 4. The molecule has 0 amide bonds. The SMILES string of the molecule is CON(C)S(=O)(=O)c1cc(Cl)c(Br)c(N)c1F. The normalized spacial score (nSPS) is 12.1. The Bertz CT molecular complexity index is 552. The monoisotopic (exact) mass is 346 g/mol. The van der Waals surface area contributed by atoms with E-state index in [-0.39, 0.29) is 15.2 Å². The Morgan fingerprint density at radius 1 is 1.59 bits per heavy atom. The van der Waals surface area contributed by atoms with Crippen LogP contribution in [-0.4, -0.2) is 27.0 Å². The Hall–Kier alpha value is -0.410. The molecule has 0 aromatic heterocycles. The van der Waals surface area contributed by atoms with Gasteiger partial charge in [0.25, 0.3) is 10.0 Å². The lowest BCUT2D eigenvalue weighted by atomic mass is 10.3. The van der Waals surface area contributed by atoms with Crippen molar-refractivity contribution in [3.05, 3.63) is 21.4 Å². The molecule has 1 aromatic carbocycles. The van der Waals surface area contributed by atoms with Crippen LogP contribution in [0.3, 0.4) is 0 Å². The largest absolute Gasteiger partial charge is 0.395 e. The van der Waals surface area contributed by atoms with E-state index in [1.54, 1.807) is 0 Å². The van der Waals surface area contributed by atoms with Gasteiger partial charge < -0.3 is 5.73 Å². The highest BCUT2D eigenvalue weighted by atomic mass is 79.9. The van der Waals surface area contributed by atoms with E-state index in [1.165, 1.54) is 0 Å². The third-order valence-electron chi connectivity index (χ3n) is 2.03. The maximum atomic E-state index is 13.8. The van der Waals surface area contributed by atoms with Gasteiger partial charge in [-0.3, -0.25) is 4.84 Å². The third kappa shape index (κ3) is 2.55. The van der Waals surface area contributed by atoms with Crippen molar-refractivity contribution in [1.82, 2.24) is 4.47 Å². The van der Waals surface area contributed by atoms with E-state index < -0.39 is 20.7 Å². The van der Waals surface area contributed by atoms with Crippen LogP contribution < -0.4 is 5.73 Å². The standard InChI is InChI=1S/C8H9BrClFN2O3S/c1-13(16-2)17(14,15)5-3-4(10)6(9)8(12)7(5)11/h3H,12H2,1-2H3. The number of nitrogen functional groups attached to an aromatic ring is 1. The highest BCUT2D eigenvalue weighted by molar-refractivity contribution is 9.10. The predicted octanol–water partition coefficient (Wildman–Crippen LogP) is 2.01. The molecular weight excluding hydrogens is 339 g/mol. The summed E-state index contributed by atoms with van der Waals surface area (Å²) in [6.45, 7) is 0. The smallest absolute Gasteiger partial charge is 0.267 e. The molecule has 0 aliphatic carbocycles. The lowest BCUT2D eigenvalue weighted by Crippen LogP contribution is -2.26. The van der Waals surface area contributed by atoms with Gasteiger partial charge in [0.2, 0.25) is 0 Å². The van der Waals surface area contributed by atoms with Crippen molar-refractivity contribution >= 4 is 43.2 Å². The zero-order chi connectivity index (χ0) is 13.4. The summed E-state index contributed by atoms with van der Waals surface area (Å²) in [5.74, 6) is -1.08. The van der Waals surface area contributed by atoms with E-state index in [4.69, 9.17) is 17.3 Å². The van der Waals surface area contributed by atoms with Crippen LogP contribution in [0.4, 0.5) is 10.1 Å². The quantitative estimate of drug-likeness (QED) is 0.516. The minimum absolute atomic E-state index is 0.00743. The Balaban J connectivity index is 3.54. The number of benzene rings is 1. The van der Waals surface area contributed by atoms with Crippen LogP contribution in [0.5, 0.6) is 0 Å². The van der Waals surface area contributed by atoms with Crippen LogP contribution >= 0.6 is 27.5 Å². The van der Waals surface area contributed by atoms with Crippen LogP contribution in [0.2, 0.25) is 5.02 Å². The molecule has 0 unspecified atom stereocenters. The van der Waals surface area contributed by atoms with E-state index in [9.17, 15) is 12.8 Å². The second kappa shape index (κ2) is 5.07. The second-order valence-corrected chi connectivity index (χ2v) is 6.10. The van der Waals surface area contributed by atoms with Gasteiger partial charge in [-0.1, -0.05) is 16.1 Å². The van der Waals surface area contributed by atoms with Crippen LogP contribution in [0.15, 0.2) is 15.4 Å². The van der Waals surface area contributed by atoms with Crippen molar-refractivity contribution in [1.29, 1.82) is 0 Å². The fraction of sp³-hybridized carbons (Fsp3) is 0.250. The Morgan fingerprint density at radius 2 is 2.12 bits per heavy atom. The van der Waals surface area contributed by atoms with Crippen molar-refractivity contribution in [3.63, 3.8) is 0 Å². The average Bonchev–Trinajstić information content (AvgIpc) is 2.29. The maximum absolute atomic E-state index is 13.8. The first-order chi connectivity index (χ1) is 7.73. The summed E-state index contributed by atoms with van der Waals surface area (Å²) in [5, 5.41) is -0.00743. The van der Waals surface area contributed by atoms with E-state index in [1.807, 2.05) is 0 Å². The molecule has 1 aromatic rings. The molecule has 9 heteroatoms. The molecule has 0 fully saturated rings. The van der Waals surface area contributed by atoms with Crippen LogP contribution in [0, 0.1) is 5.82 Å². The van der Waals surface area contributed by atoms with Crippen LogP contribution in [0.25, 0.3) is 0 Å². The molecule has 0 aliphatic rings. The van der Waals surface area contributed by atoms with E-state index in [0.29, 0.717) is 4.47 Å². The molecule has 0 aliphatic heterocycles. The molecule has 1 rings (SSSR count). The Morgan fingerprint density at radius 3 is 2.59 bits per heavy atom. The number of rotatable bonds is 3. The highest BCUT2D eigenvalue weighted by Crippen LogP contribution is 2.35. The molecular formula is C8H9BrClFN2O3S. The second-order valence-electron chi connectivity index (χ2n) is 3.00. The summed E-state index contributed by atoms with van der Waals surface area (Å²) in [4.78, 5) is 3.87. The number of nitrogens with zero attached hydrogens (tertiary/aromatic N) is 1. The van der Waals surface area contributed by atoms with Gasteiger partial charge in [0.05, 0.1) is 22.3 Å². The molecule has 0 heterocycles. The fourth-order valence-electron chi connectivity index (χ4n) is 1.02. The number of anilines is 1. The van der Waals surface area contributed by atoms with E-state index in [0.717, 1.165) is 20.2 Å². The zero-order valence-electron chi connectivity index (χ0n) is 8.87. The molecule has 0 spiro atoms. The molecule has 5 nitrogen and oxygen atoms in total. The highest BCUT2D eigenvalue weighted by Gasteiger charge is 2.28. The number of hydrogen-bond donors (Lipinski definition) is 1. The topological polar surface area (TPSA) is 72.6 Å². The Kier molecular flexibility index (Phi) is 4.37. The molecule has 0 radical (unpaired) electrons. The number of halogens is 3. The van der Waals surface area contributed by atoms with Gasteiger partial charge in [0, 0.05) is 7.05 Å². The van der Waals surface area contributed by atoms with Crippen LogP contribution in [-0.2, 0) is 14.9 Å². The zero-order valence-corrected chi connectivity index (χ0v) is 12.0. The average molecular weight is 348 g/mol. The first kappa shape index (κ1) is 14.7. The number of hydroxylamine groups is 1. The molecule has 17 heavy (non-hydrogen) atoms. The van der Waals surface area contributed by atoms with Crippen molar-refractivity contribution < 1.29 is 17.6 Å². The van der Waals surface area contributed by atoms with Gasteiger partial charge in [-0.25, -0.2) is 12.8 Å². The summed E-state index contributed by atoms with van der Waals surface area (Å²) in [6, 6.07) is 0.961. The van der Waals surface area contributed by atoms with Gasteiger partial charge in [-0.15, -0.1) is 0 Å². The van der Waals surface area contributed by atoms with Gasteiger partial charge in [0.15, 0.2) is 5.82 Å². The van der Waals surface area contributed by atoms with Gasteiger partial charge in [-0.2, -0.15) is 0 Å². The molecule has 0 saturated carbocycles. The first-order valence-corrected chi connectivity index (χ1v) is 6.80. The lowest BCUT2D eigenvalue weighted by Gasteiger charge is -2.16. The van der Waals surface area contributed by atoms with Crippen molar-refractivity contribution in [2.75, 3.05) is 19.9 Å². The summed E-state index contributed by atoms with van der Waals surface area (Å²) >= 11 is 8.68. The summed E-state index contributed by atoms with van der Waals surface area (Å²) in [7, 11) is -1.87. The molecule has 96 valence electrons. The summed E-state index contributed by atoms with van der Waals surface area (Å²) in [5.41, 5.74) is 5.02. The fourth-order valence-corrected chi connectivity index (χ4v) is 2.66. The third-order valence-corrected chi connectivity index (χ3v) is 5.09. The van der Waals surface area contributed by atoms with Gasteiger partial charge in [0.1, 0.15) is 4.90 Å². The first-order valence-electron chi connectivity index (χ1n) is 4.19. The molecule has 0 bridgehead atoms. The van der Waals surface area contributed by atoms with Crippen molar-refractivity contribution in [2.45, 2.75) is 4.90 Å². The molecule has 2 N–H and O–H groups in total. The Labute approximate surface area is 111 Å². The minimum Gasteiger partial charge on any atom is -0.395 e. The van der Waals surface area contributed by atoms with E-state index >= 15 is 0 Å². The molecule has 0 saturated heterocycles.